The van der Waals surface area contributed by atoms with Gasteiger partial charge in [0.25, 0.3) is 0 Å². The molecule has 0 spiro atoms. The van der Waals surface area contributed by atoms with Gasteiger partial charge in [-0.05, 0) is 96.4 Å². The first-order valence-electron chi connectivity index (χ1n) is 15.4. The van der Waals surface area contributed by atoms with Gasteiger partial charge in [0.15, 0.2) is 0 Å². The number of ether oxygens (including phenoxy) is 4. The number of sulfonamides is 2. The van der Waals surface area contributed by atoms with Gasteiger partial charge in [0.1, 0.15) is 11.4 Å². The van der Waals surface area contributed by atoms with Crippen LogP contribution in [0.5, 0.6) is 17.6 Å². The van der Waals surface area contributed by atoms with Gasteiger partial charge in [-0.2, -0.15) is 0 Å². The van der Waals surface area contributed by atoms with Crippen LogP contribution in [0.4, 0.5) is 17.1 Å². The number of rotatable bonds is 9. The second-order valence-electron chi connectivity index (χ2n) is 11.0. The molecule has 5 heterocycles. The van der Waals surface area contributed by atoms with Crippen LogP contribution in [0.2, 0.25) is 0 Å². The van der Waals surface area contributed by atoms with Crippen molar-refractivity contribution >= 4 is 102 Å². The van der Waals surface area contributed by atoms with Crippen LogP contribution in [0.15, 0.2) is 76.2 Å². The zero-order valence-corrected chi connectivity index (χ0v) is 36.1. The smallest absolute Gasteiger partial charge is 0.238 e. The molecule has 0 aliphatic carbocycles. The zero-order valence-electron chi connectivity index (χ0n) is 29.1. The molecular weight excluding hydrogens is 973 g/mol. The Labute approximate surface area is 338 Å². The highest BCUT2D eigenvalue weighted by Crippen LogP contribution is 2.33. The van der Waals surface area contributed by atoms with Gasteiger partial charge >= 0.3 is 0 Å². The van der Waals surface area contributed by atoms with Gasteiger partial charge < -0.3 is 23.8 Å². The molecule has 0 amide bonds. The first-order chi connectivity index (χ1) is 25.1. The molecule has 53 heavy (non-hydrogen) atoms. The van der Waals surface area contributed by atoms with Crippen LogP contribution in [-0.2, 0) is 24.8 Å². The minimum atomic E-state index is -3.46. The van der Waals surface area contributed by atoms with E-state index in [2.05, 4.69) is 94.8 Å². The van der Waals surface area contributed by atoms with Gasteiger partial charge in [0, 0.05) is 63.5 Å². The lowest BCUT2D eigenvalue weighted by molar-refractivity contribution is 0.123. The topological polar surface area (TPSA) is 184 Å². The third kappa shape index (κ3) is 12.8. The maximum absolute atomic E-state index is 11.7. The molecule has 284 valence electrons. The SMILES string of the molecule is COc1ncc(-c2ccc3nccc(N4CCOCC4)c3c2)cc1NS(C)(=O)=O.COc1ncc(Br)cc1I.COc1ncc(Br)cc1NS(C)(=O)=O. The second kappa shape index (κ2) is 19.1. The summed E-state index contributed by atoms with van der Waals surface area (Å²) < 4.78 is 73.2. The average Bonchev–Trinajstić information content (AvgIpc) is 3.11. The Bertz CT molecular complexity index is 2270. The Morgan fingerprint density at radius 1 is 0.717 bits per heavy atom. The lowest BCUT2D eigenvalue weighted by Gasteiger charge is -2.29. The molecule has 0 unspecified atom stereocenters. The van der Waals surface area contributed by atoms with Crippen molar-refractivity contribution in [1.29, 1.82) is 0 Å². The zero-order chi connectivity index (χ0) is 38.8. The average molecular weight is 1010 g/mol. The van der Waals surface area contributed by atoms with Gasteiger partial charge in [-0.1, -0.05) is 6.07 Å². The number of nitrogens with one attached hydrogen (secondary N) is 2. The lowest BCUT2D eigenvalue weighted by atomic mass is 10.0. The summed E-state index contributed by atoms with van der Waals surface area (Å²) in [6.45, 7) is 3.06. The van der Waals surface area contributed by atoms with E-state index >= 15 is 0 Å². The molecule has 1 aliphatic rings. The van der Waals surface area contributed by atoms with E-state index < -0.39 is 20.0 Å². The van der Waals surface area contributed by atoms with Gasteiger partial charge in [-0.15, -0.1) is 0 Å². The summed E-state index contributed by atoms with van der Waals surface area (Å²) in [7, 11) is -2.30. The number of nitrogens with zero attached hydrogens (tertiary/aromatic N) is 5. The quantitative estimate of drug-likeness (QED) is 0.160. The summed E-state index contributed by atoms with van der Waals surface area (Å²) in [6, 6.07) is 13.2. The Morgan fingerprint density at radius 3 is 1.83 bits per heavy atom. The van der Waals surface area contributed by atoms with Crippen LogP contribution >= 0.6 is 54.5 Å². The van der Waals surface area contributed by atoms with Crippen molar-refractivity contribution < 1.29 is 35.8 Å². The van der Waals surface area contributed by atoms with Gasteiger partial charge in [0.2, 0.25) is 37.7 Å². The Morgan fingerprint density at radius 2 is 1.26 bits per heavy atom. The number of pyridine rings is 4. The lowest BCUT2D eigenvalue weighted by Crippen LogP contribution is -2.36. The van der Waals surface area contributed by atoms with E-state index in [9.17, 15) is 16.8 Å². The monoisotopic (exact) mass is 1010 g/mol. The highest BCUT2D eigenvalue weighted by molar-refractivity contribution is 14.1. The van der Waals surface area contributed by atoms with Crippen molar-refractivity contribution in [2.24, 2.45) is 0 Å². The third-order valence-corrected chi connectivity index (χ3v) is 9.84. The molecule has 20 heteroatoms. The maximum atomic E-state index is 11.7. The minimum Gasteiger partial charge on any atom is -0.480 e. The first-order valence-corrected chi connectivity index (χ1v) is 21.8. The van der Waals surface area contributed by atoms with Crippen molar-refractivity contribution in [3.05, 3.63) is 79.8 Å². The summed E-state index contributed by atoms with van der Waals surface area (Å²) in [4.78, 5) is 18.9. The largest absolute Gasteiger partial charge is 0.480 e. The van der Waals surface area contributed by atoms with E-state index in [0.29, 0.717) is 34.9 Å². The molecular formula is C33H36Br2IN7O8S2. The van der Waals surface area contributed by atoms with Crippen molar-refractivity contribution in [3.63, 3.8) is 0 Å². The van der Waals surface area contributed by atoms with Crippen LogP contribution in [0.25, 0.3) is 22.0 Å². The first kappa shape index (κ1) is 42.2. The minimum absolute atomic E-state index is 0.218. The standard InChI is InChI=1S/C20H22N4O4S.C7H9BrN2O3S.C6H5BrINO/c1-27-20-18(23-29(2,25)26)12-15(13-22-20)14-3-4-17-16(11-14)19(5-6-21-17)24-7-9-28-10-8-24;1-13-7-6(10-14(2,11)12)3-5(8)4-9-7;1-10-6-5(8)2-4(7)3-9-6/h3-6,11-13,23H,7-10H2,1-2H3;3-4,10H,1-2H3;2-3H,1H3. The molecule has 0 saturated carbocycles. The highest BCUT2D eigenvalue weighted by Gasteiger charge is 2.16. The molecule has 2 N–H and O–H groups in total. The molecule has 0 atom stereocenters. The molecule has 1 saturated heterocycles. The van der Waals surface area contributed by atoms with Gasteiger partial charge in [-0.3, -0.25) is 14.4 Å². The van der Waals surface area contributed by atoms with Crippen LogP contribution in [-0.4, -0.2) is 96.9 Å². The van der Waals surface area contributed by atoms with Crippen molar-refractivity contribution in [3.8, 4) is 28.8 Å². The molecule has 1 aromatic carbocycles. The summed E-state index contributed by atoms with van der Waals surface area (Å²) in [6.07, 6.45) is 8.87. The molecule has 6 rings (SSSR count). The van der Waals surface area contributed by atoms with E-state index in [4.69, 9.17) is 18.9 Å². The van der Waals surface area contributed by atoms with Crippen molar-refractivity contribution in [2.45, 2.75) is 0 Å². The normalized spacial score (nSPS) is 12.8. The number of methoxy groups -OCH3 is 3. The van der Waals surface area contributed by atoms with Crippen LogP contribution < -0.4 is 28.6 Å². The number of fused-ring (bicyclic) bond motifs is 1. The fourth-order valence-electron chi connectivity index (χ4n) is 4.85. The van der Waals surface area contributed by atoms with Gasteiger partial charge in [-0.25, -0.2) is 31.8 Å². The Kier molecular flexibility index (Phi) is 15.2. The molecule has 1 aliphatic heterocycles. The maximum Gasteiger partial charge on any atom is 0.238 e. The predicted molar refractivity (Wildman–Crippen MR) is 221 cm³/mol. The number of hydrogen-bond donors (Lipinski definition) is 2. The number of morpholine rings is 1. The van der Waals surface area contributed by atoms with Gasteiger partial charge in [0.05, 0.1) is 56.1 Å². The third-order valence-electron chi connectivity index (χ3n) is 7.02. The number of hydrogen-bond acceptors (Lipinski definition) is 13. The summed E-state index contributed by atoms with van der Waals surface area (Å²) in [5, 5.41) is 1.03. The molecule has 5 aromatic rings. The molecule has 0 bridgehead atoms. The van der Waals surface area contributed by atoms with Crippen LogP contribution in [0.3, 0.4) is 0 Å². The fourth-order valence-corrected chi connectivity index (χ4v) is 7.73. The predicted octanol–water partition coefficient (Wildman–Crippen LogP) is 6.20. The van der Waals surface area contributed by atoms with E-state index in [-0.39, 0.29) is 11.8 Å². The number of halogens is 3. The summed E-state index contributed by atoms with van der Waals surface area (Å²) >= 11 is 8.65. The molecule has 15 nitrogen and oxygen atoms in total. The van der Waals surface area contributed by atoms with Crippen LogP contribution in [0, 0.1) is 3.57 Å². The fraction of sp³-hybridized carbons (Fsp3) is 0.273. The number of aromatic nitrogens is 4. The van der Waals surface area contributed by atoms with E-state index in [1.807, 2.05) is 30.5 Å². The summed E-state index contributed by atoms with van der Waals surface area (Å²) in [5.41, 5.74) is 4.30. The van der Waals surface area contributed by atoms with Crippen molar-refractivity contribution in [2.75, 3.05) is 74.5 Å². The number of benzene rings is 1. The molecule has 4 aromatic heterocycles. The summed E-state index contributed by atoms with van der Waals surface area (Å²) in [5.74, 6) is 1.12. The second-order valence-corrected chi connectivity index (χ2v) is 17.5. The van der Waals surface area contributed by atoms with E-state index in [1.165, 1.54) is 20.4 Å². The number of anilines is 3. The highest BCUT2D eigenvalue weighted by atomic mass is 127. The van der Waals surface area contributed by atoms with Crippen molar-refractivity contribution in [1.82, 2.24) is 19.9 Å². The van der Waals surface area contributed by atoms with E-state index in [1.54, 1.807) is 31.6 Å². The Hall–Kier alpha value is -3.57. The Balaban J connectivity index is 0.000000216. The molecule has 0 radical (unpaired) electrons. The van der Waals surface area contributed by atoms with Crippen LogP contribution in [0.1, 0.15) is 0 Å². The molecule has 1 fully saturated rings. The van der Waals surface area contributed by atoms with E-state index in [0.717, 1.165) is 61.4 Å².